The predicted octanol–water partition coefficient (Wildman–Crippen LogP) is 5.27. The Morgan fingerprint density at radius 1 is 0.900 bits per heavy atom. The Morgan fingerprint density at radius 2 is 1.73 bits per heavy atom. The topological polar surface area (TPSA) is 23.6 Å². The molecule has 0 bridgehead atoms. The van der Waals surface area contributed by atoms with Gasteiger partial charge in [-0.15, -0.1) is 0 Å². The van der Waals surface area contributed by atoms with Gasteiger partial charge in [-0.3, -0.25) is 4.79 Å². The van der Waals surface area contributed by atoms with Gasteiger partial charge in [-0.25, -0.2) is 0 Å². The number of thioether (sulfide) groups is 1. The van der Waals surface area contributed by atoms with Gasteiger partial charge in [-0.1, -0.05) is 66.4 Å². The summed E-state index contributed by atoms with van der Waals surface area (Å²) in [6, 6.07) is 0. The van der Waals surface area contributed by atoms with Gasteiger partial charge in [-0.05, 0) is 53.4 Å². The minimum atomic E-state index is 0.344. The van der Waals surface area contributed by atoms with Crippen LogP contribution in [0.15, 0.2) is 70.1 Å². The Morgan fingerprint density at radius 3 is 2.43 bits per heavy atom. The number of carbonyl (C=O) groups is 1. The first kappa shape index (κ1) is 21.6. The molecular formula is C26H34N2OS. The number of hydrogen-bond donors (Lipinski definition) is 0. The van der Waals surface area contributed by atoms with Crippen LogP contribution in [0.2, 0.25) is 0 Å². The summed E-state index contributed by atoms with van der Waals surface area (Å²) in [5.74, 6) is 1.01. The number of Topliss-reactive ketones (excluding diaryl/α,β-unsaturated/α-hetero) is 1. The number of rotatable bonds is 8. The van der Waals surface area contributed by atoms with Crippen LogP contribution in [0.4, 0.5) is 0 Å². The molecule has 3 aliphatic carbocycles. The van der Waals surface area contributed by atoms with Gasteiger partial charge >= 0.3 is 0 Å². The number of ketones is 1. The fraction of sp³-hybridized carbons (Fsp3) is 0.500. The van der Waals surface area contributed by atoms with Crippen LogP contribution >= 0.6 is 11.8 Å². The van der Waals surface area contributed by atoms with Crippen molar-refractivity contribution in [3.63, 3.8) is 0 Å². The van der Waals surface area contributed by atoms with E-state index >= 15 is 0 Å². The Kier molecular flexibility index (Phi) is 8.01. The molecule has 0 spiro atoms. The summed E-state index contributed by atoms with van der Waals surface area (Å²) in [6.45, 7) is 6.49. The Hall–Kier alpha value is -1.62. The second-order valence-electron chi connectivity index (χ2n) is 8.65. The van der Waals surface area contributed by atoms with Crippen LogP contribution < -0.4 is 0 Å². The Balaban J connectivity index is 1.16. The van der Waals surface area contributed by atoms with Gasteiger partial charge in [0.15, 0.2) is 5.78 Å². The first-order chi connectivity index (χ1) is 14.8. The molecule has 1 heterocycles. The van der Waals surface area contributed by atoms with E-state index in [4.69, 9.17) is 0 Å². The highest BCUT2D eigenvalue weighted by atomic mass is 32.2. The molecule has 0 aromatic rings. The number of piperazine rings is 1. The molecule has 0 aromatic heterocycles. The lowest BCUT2D eigenvalue weighted by molar-refractivity contribution is -0.116. The van der Waals surface area contributed by atoms with Gasteiger partial charge in [0.25, 0.3) is 0 Å². The number of nitrogens with zero attached hydrogens (tertiary/aromatic N) is 2. The van der Waals surface area contributed by atoms with Crippen molar-refractivity contribution < 1.29 is 4.79 Å². The quantitative estimate of drug-likeness (QED) is 0.532. The molecule has 1 aliphatic heterocycles. The summed E-state index contributed by atoms with van der Waals surface area (Å²) in [4.78, 5) is 20.6. The maximum absolute atomic E-state index is 12.7. The lowest BCUT2D eigenvalue weighted by Gasteiger charge is -2.36. The van der Waals surface area contributed by atoms with Crippen LogP contribution in [-0.2, 0) is 4.79 Å². The monoisotopic (exact) mass is 422 g/mol. The Bertz CT molecular complexity index is 794. The maximum Gasteiger partial charge on any atom is 0.160 e. The van der Waals surface area contributed by atoms with Crippen molar-refractivity contribution in [2.24, 2.45) is 5.92 Å². The molecule has 1 saturated heterocycles. The summed E-state index contributed by atoms with van der Waals surface area (Å²) in [7, 11) is 0. The molecule has 3 nitrogen and oxygen atoms in total. The van der Waals surface area contributed by atoms with Crippen LogP contribution in [-0.4, -0.2) is 54.9 Å². The summed E-state index contributed by atoms with van der Waals surface area (Å²) >= 11 is 1.90. The van der Waals surface area contributed by atoms with E-state index < -0.39 is 0 Å². The molecule has 1 unspecified atom stereocenters. The molecule has 160 valence electrons. The summed E-state index contributed by atoms with van der Waals surface area (Å²) in [6.07, 6.45) is 25.8. The van der Waals surface area contributed by atoms with Gasteiger partial charge in [0.1, 0.15) is 0 Å². The van der Waals surface area contributed by atoms with Crippen molar-refractivity contribution in [2.45, 2.75) is 38.5 Å². The van der Waals surface area contributed by atoms with E-state index in [1.165, 1.54) is 22.8 Å². The lowest BCUT2D eigenvalue weighted by Crippen LogP contribution is -2.48. The highest BCUT2D eigenvalue weighted by molar-refractivity contribution is 8.06. The standard InChI is InChI=1S/C26H34N2OS/c29-26(23-11-13-25(14-12-23)30-24-9-5-2-6-10-24)15-16-27-17-19-28(20-18-27)21-22-7-3-1-4-8-22/h1-5,7,9,11,13,22H,6,8,10,12,14-21H2. The molecule has 1 atom stereocenters. The van der Waals surface area contributed by atoms with Gasteiger partial charge in [-0.2, -0.15) is 0 Å². The first-order valence-electron chi connectivity index (χ1n) is 11.5. The molecule has 30 heavy (non-hydrogen) atoms. The lowest BCUT2D eigenvalue weighted by atomic mass is 9.98. The molecule has 0 N–H and O–H groups in total. The molecule has 1 fully saturated rings. The van der Waals surface area contributed by atoms with E-state index in [1.54, 1.807) is 0 Å². The average Bonchev–Trinajstić information content (AvgIpc) is 2.80. The van der Waals surface area contributed by atoms with Crippen LogP contribution in [0.1, 0.15) is 38.5 Å². The summed E-state index contributed by atoms with van der Waals surface area (Å²) in [5, 5.41) is 0. The molecule has 4 rings (SSSR count). The third kappa shape index (κ3) is 6.44. The SMILES string of the molecule is O=C(CCN1CCN(CC2C=CC=CC2)CC1)C1=CC=C(SC2=CC=CCC2)CC1. The van der Waals surface area contributed by atoms with Crippen molar-refractivity contribution in [2.75, 3.05) is 39.3 Å². The first-order valence-corrected chi connectivity index (χ1v) is 12.3. The second-order valence-corrected chi connectivity index (χ2v) is 9.90. The second kappa shape index (κ2) is 11.1. The van der Waals surface area contributed by atoms with E-state index in [2.05, 4.69) is 64.5 Å². The predicted molar refractivity (Wildman–Crippen MR) is 128 cm³/mol. The molecule has 0 radical (unpaired) electrons. The van der Waals surface area contributed by atoms with Crippen molar-refractivity contribution in [3.8, 4) is 0 Å². The normalized spacial score (nSPS) is 25.1. The van der Waals surface area contributed by atoms with Crippen LogP contribution in [0, 0.1) is 5.92 Å². The van der Waals surface area contributed by atoms with E-state index in [9.17, 15) is 4.79 Å². The Labute approximate surface area is 186 Å². The molecule has 0 amide bonds. The van der Waals surface area contributed by atoms with Crippen molar-refractivity contribution in [1.82, 2.24) is 9.80 Å². The third-order valence-electron chi connectivity index (χ3n) is 6.39. The van der Waals surface area contributed by atoms with Crippen molar-refractivity contribution >= 4 is 17.5 Å². The summed E-state index contributed by atoms with van der Waals surface area (Å²) in [5.41, 5.74) is 1.02. The number of allylic oxidation sites excluding steroid dienone is 11. The number of hydrogen-bond acceptors (Lipinski definition) is 4. The fourth-order valence-corrected chi connectivity index (χ4v) is 5.53. The minimum Gasteiger partial charge on any atom is -0.300 e. The summed E-state index contributed by atoms with van der Waals surface area (Å²) < 4.78 is 0. The van der Waals surface area contributed by atoms with E-state index in [1.807, 2.05) is 11.8 Å². The zero-order chi connectivity index (χ0) is 20.6. The zero-order valence-electron chi connectivity index (χ0n) is 18.0. The van der Waals surface area contributed by atoms with Gasteiger partial charge in [0.05, 0.1) is 0 Å². The van der Waals surface area contributed by atoms with Crippen molar-refractivity contribution in [1.29, 1.82) is 0 Å². The zero-order valence-corrected chi connectivity index (χ0v) is 18.8. The average molecular weight is 423 g/mol. The molecule has 0 aromatic carbocycles. The highest BCUT2D eigenvalue weighted by Crippen LogP contribution is 2.36. The van der Waals surface area contributed by atoms with E-state index in [0.29, 0.717) is 18.1 Å². The highest BCUT2D eigenvalue weighted by Gasteiger charge is 2.21. The molecule has 4 aliphatic rings. The van der Waals surface area contributed by atoms with Crippen LogP contribution in [0.5, 0.6) is 0 Å². The largest absolute Gasteiger partial charge is 0.300 e. The number of carbonyl (C=O) groups excluding carboxylic acids is 1. The van der Waals surface area contributed by atoms with Crippen molar-refractivity contribution in [3.05, 3.63) is 70.1 Å². The smallest absolute Gasteiger partial charge is 0.160 e. The minimum absolute atomic E-state index is 0.344. The third-order valence-corrected chi connectivity index (χ3v) is 7.59. The molecular weight excluding hydrogens is 388 g/mol. The molecule has 0 saturated carbocycles. The molecule has 4 heteroatoms. The van der Waals surface area contributed by atoms with Crippen LogP contribution in [0.3, 0.4) is 0 Å². The maximum atomic E-state index is 12.7. The fourth-order valence-electron chi connectivity index (χ4n) is 4.48. The van der Waals surface area contributed by atoms with Gasteiger partial charge < -0.3 is 9.80 Å². The van der Waals surface area contributed by atoms with E-state index in [0.717, 1.165) is 64.0 Å². The van der Waals surface area contributed by atoms with E-state index in [-0.39, 0.29) is 0 Å². The van der Waals surface area contributed by atoms with Gasteiger partial charge in [0.2, 0.25) is 0 Å². The van der Waals surface area contributed by atoms with Crippen LogP contribution in [0.25, 0.3) is 0 Å². The van der Waals surface area contributed by atoms with Gasteiger partial charge in [0, 0.05) is 45.7 Å².